The first kappa shape index (κ1) is 20.2. The van der Waals surface area contributed by atoms with E-state index in [-0.39, 0.29) is 0 Å². The third-order valence-corrected chi connectivity index (χ3v) is 5.99. The van der Waals surface area contributed by atoms with E-state index in [9.17, 15) is 4.79 Å². The molecule has 1 aromatic carbocycles. The Morgan fingerprint density at radius 2 is 1.74 bits per heavy atom. The van der Waals surface area contributed by atoms with Gasteiger partial charge in [0.15, 0.2) is 0 Å². The van der Waals surface area contributed by atoms with Crippen LogP contribution in [0.3, 0.4) is 0 Å². The van der Waals surface area contributed by atoms with Crippen LogP contribution in [0.15, 0.2) is 24.3 Å². The highest BCUT2D eigenvalue weighted by atomic mass is 16.2. The molecule has 150 valence electrons. The molecule has 2 aliphatic rings. The highest BCUT2D eigenvalue weighted by molar-refractivity contribution is 5.78. The average molecular weight is 373 g/mol. The molecule has 0 spiro atoms. The van der Waals surface area contributed by atoms with E-state index in [1.165, 1.54) is 5.56 Å². The van der Waals surface area contributed by atoms with E-state index in [2.05, 4.69) is 65.1 Å². The average Bonchev–Trinajstić information content (AvgIpc) is 2.69. The van der Waals surface area contributed by atoms with E-state index < -0.39 is 0 Å². The number of amides is 1. The minimum atomic E-state index is 0.293. The van der Waals surface area contributed by atoms with Crippen LogP contribution in [-0.2, 0) is 4.79 Å². The fourth-order valence-electron chi connectivity index (χ4n) is 4.08. The Balaban J connectivity index is 1.47. The summed E-state index contributed by atoms with van der Waals surface area (Å²) in [7, 11) is 0. The smallest absolute Gasteiger partial charge is 0.236 e. The lowest BCUT2D eigenvalue weighted by Crippen LogP contribution is -2.52. The second kappa shape index (κ2) is 9.56. The molecule has 0 radical (unpaired) electrons. The van der Waals surface area contributed by atoms with E-state index in [4.69, 9.17) is 0 Å². The van der Waals surface area contributed by atoms with Crippen LogP contribution in [0.4, 0.5) is 5.69 Å². The van der Waals surface area contributed by atoms with Crippen molar-refractivity contribution < 1.29 is 4.79 Å². The molecule has 2 saturated heterocycles. The van der Waals surface area contributed by atoms with Crippen LogP contribution in [0.25, 0.3) is 0 Å². The number of carbonyl (C=O) groups is 1. The van der Waals surface area contributed by atoms with Gasteiger partial charge in [-0.3, -0.25) is 9.69 Å². The molecule has 0 saturated carbocycles. The number of piperazine rings is 1. The normalized spacial score (nSPS) is 22.2. The van der Waals surface area contributed by atoms with E-state index in [0.717, 1.165) is 64.3 Å². The molecule has 1 atom stereocenters. The Kier molecular flexibility index (Phi) is 7.13. The van der Waals surface area contributed by atoms with Crippen LogP contribution in [-0.4, -0.2) is 79.0 Å². The van der Waals surface area contributed by atoms with Crippen molar-refractivity contribution in [2.75, 3.05) is 57.7 Å². The molecule has 27 heavy (non-hydrogen) atoms. The second-order valence-electron chi connectivity index (χ2n) is 8.31. The number of nitrogens with one attached hydrogen (secondary N) is 1. The standard InChI is InChI=1S/C22H36N4O/c1-4-24-12-14-25(15-13-24)17-22(27)26-11-5-6-21(16-26)23-20-9-7-19(8-10-20)18(2)3/h7-10,18,21,23H,4-6,11-17H2,1-3H3/t21-/m1/s1. The van der Waals surface area contributed by atoms with Gasteiger partial charge in [-0.2, -0.15) is 0 Å². The molecule has 1 amide bonds. The Bertz CT molecular complexity index is 593. The molecule has 0 aliphatic carbocycles. The van der Waals surface area contributed by atoms with Crippen molar-refractivity contribution in [2.24, 2.45) is 0 Å². The first-order chi connectivity index (χ1) is 13.0. The minimum Gasteiger partial charge on any atom is -0.381 e. The van der Waals surface area contributed by atoms with Crippen molar-refractivity contribution in [1.82, 2.24) is 14.7 Å². The predicted molar refractivity (Wildman–Crippen MR) is 112 cm³/mol. The number of anilines is 1. The lowest BCUT2D eigenvalue weighted by Gasteiger charge is -2.37. The van der Waals surface area contributed by atoms with Gasteiger partial charge in [0.25, 0.3) is 0 Å². The van der Waals surface area contributed by atoms with E-state index >= 15 is 0 Å². The van der Waals surface area contributed by atoms with Crippen LogP contribution in [0, 0.1) is 0 Å². The van der Waals surface area contributed by atoms with Crippen molar-refractivity contribution in [2.45, 2.75) is 45.6 Å². The van der Waals surface area contributed by atoms with Crippen LogP contribution in [0.2, 0.25) is 0 Å². The molecule has 2 fully saturated rings. The molecule has 2 aliphatic heterocycles. The topological polar surface area (TPSA) is 38.8 Å². The molecular weight excluding hydrogens is 336 g/mol. The van der Waals surface area contributed by atoms with Crippen molar-refractivity contribution in [3.63, 3.8) is 0 Å². The van der Waals surface area contributed by atoms with Gasteiger partial charge in [-0.15, -0.1) is 0 Å². The summed E-state index contributed by atoms with van der Waals surface area (Å²) in [6.45, 7) is 14.2. The Morgan fingerprint density at radius 3 is 2.37 bits per heavy atom. The van der Waals surface area contributed by atoms with E-state index in [1.54, 1.807) is 0 Å². The molecule has 5 heteroatoms. The summed E-state index contributed by atoms with van der Waals surface area (Å²) in [4.78, 5) is 19.6. The van der Waals surface area contributed by atoms with Crippen LogP contribution in [0.5, 0.6) is 0 Å². The summed E-state index contributed by atoms with van der Waals surface area (Å²) in [5.41, 5.74) is 2.53. The monoisotopic (exact) mass is 372 g/mol. The fourth-order valence-corrected chi connectivity index (χ4v) is 4.08. The number of nitrogens with zero attached hydrogens (tertiary/aromatic N) is 3. The largest absolute Gasteiger partial charge is 0.381 e. The van der Waals surface area contributed by atoms with Crippen molar-refractivity contribution in [1.29, 1.82) is 0 Å². The van der Waals surface area contributed by atoms with Crippen molar-refractivity contribution >= 4 is 11.6 Å². The molecule has 2 heterocycles. The lowest BCUT2D eigenvalue weighted by molar-refractivity contribution is -0.133. The lowest BCUT2D eigenvalue weighted by atomic mass is 10.0. The zero-order valence-electron chi connectivity index (χ0n) is 17.3. The van der Waals surface area contributed by atoms with Gasteiger partial charge in [0.1, 0.15) is 0 Å². The molecule has 0 unspecified atom stereocenters. The quantitative estimate of drug-likeness (QED) is 0.833. The van der Waals surface area contributed by atoms with Crippen LogP contribution in [0.1, 0.15) is 45.1 Å². The molecule has 0 bridgehead atoms. The van der Waals surface area contributed by atoms with Gasteiger partial charge in [-0.05, 0) is 43.0 Å². The van der Waals surface area contributed by atoms with Gasteiger partial charge in [-0.1, -0.05) is 32.9 Å². The molecule has 3 rings (SSSR count). The Morgan fingerprint density at radius 1 is 1.07 bits per heavy atom. The highest BCUT2D eigenvalue weighted by Crippen LogP contribution is 2.20. The SMILES string of the molecule is CCN1CCN(CC(=O)N2CCC[C@@H](Nc3ccc(C(C)C)cc3)C2)CC1. The van der Waals surface area contributed by atoms with E-state index in [1.807, 2.05) is 0 Å². The summed E-state index contributed by atoms with van der Waals surface area (Å²) in [5, 5.41) is 3.63. The number of benzene rings is 1. The zero-order valence-corrected chi connectivity index (χ0v) is 17.3. The zero-order chi connectivity index (χ0) is 19.2. The maximum atomic E-state index is 12.8. The van der Waals surface area contributed by atoms with Crippen LogP contribution < -0.4 is 5.32 Å². The first-order valence-corrected chi connectivity index (χ1v) is 10.6. The van der Waals surface area contributed by atoms with Gasteiger partial charge in [0, 0.05) is 51.0 Å². The van der Waals surface area contributed by atoms with Gasteiger partial charge < -0.3 is 15.1 Å². The number of likely N-dealkylation sites (N-methyl/N-ethyl adjacent to an activating group) is 1. The summed E-state index contributed by atoms with van der Waals surface area (Å²) in [6, 6.07) is 9.10. The number of hydrogen-bond donors (Lipinski definition) is 1. The van der Waals surface area contributed by atoms with Gasteiger partial charge in [-0.25, -0.2) is 0 Å². The van der Waals surface area contributed by atoms with Crippen molar-refractivity contribution in [3.8, 4) is 0 Å². The maximum Gasteiger partial charge on any atom is 0.236 e. The summed E-state index contributed by atoms with van der Waals surface area (Å²) >= 11 is 0. The third-order valence-electron chi connectivity index (χ3n) is 5.99. The molecular formula is C22H36N4O. The third kappa shape index (κ3) is 5.69. The van der Waals surface area contributed by atoms with Gasteiger partial charge >= 0.3 is 0 Å². The van der Waals surface area contributed by atoms with Gasteiger partial charge in [0.2, 0.25) is 5.91 Å². The number of piperidine rings is 1. The second-order valence-corrected chi connectivity index (χ2v) is 8.31. The number of likely N-dealkylation sites (tertiary alicyclic amines) is 1. The fraction of sp³-hybridized carbons (Fsp3) is 0.682. The number of hydrogen-bond acceptors (Lipinski definition) is 4. The van der Waals surface area contributed by atoms with E-state index in [0.29, 0.717) is 24.4 Å². The molecule has 0 aromatic heterocycles. The Hall–Kier alpha value is -1.59. The summed E-state index contributed by atoms with van der Waals surface area (Å²) < 4.78 is 0. The maximum absolute atomic E-state index is 12.8. The number of rotatable bonds is 6. The summed E-state index contributed by atoms with van der Waals surface area (Å²) in [5.74, 6) is 0.850. The van der Waals surface area contributed by atoms with Crippen LogP contribution >= 0.6 is 0 Å². The highest BCUT2D eigenvalue weighted by Gasteiger charge is 2.26. The first-order valence-electron chi connectivity index (χ1n) is 10.6. The summed E-state index contributed by atoms with van der Waals surface area (Å²) in [6.07, 6.45) is 2.21. The Labute approximate surface area is 164 Å². The van der Waals surface area contributed by atoms with Gasteiger partial charge in [0.05, 0.1) is 6.54 Å². The number of carbonyl (C=O) groups excluding carboxylic acids is 1. The molecule has 1 aromatic rings. The molecule has 5 nitrogen and oxygen atoms in total. The minimum absolute atomic E-state index is 0.293. The van der Waals surface area contributed by atoms with Crippen molar-refractivity contribution in [3.05, 3.63) is 29.8 Å². The molecule has 1 N–H and O–H groups in total. The predicted octanol–water partition coefficient (Wildman–Crippen LogP) is 2.85.